The topological polar surface area (TPSA) is 90.3 Å². The lowest BCUT2D eigenvalue weighted by Gasteiger charge is -2.22. The molecule has 0 aliphatic rings. The van der Waals surface area contributed by atoms with Crippen LogP contribution in [0.25, 0.3) is 0 Å². The van der Waals surface area contributed by atoms with E-state index in [1.807, 2.05) is 37.3 Å². The SMILES string of the molecule is Cc1ccccc1CNC(=O)CCN(c1cccc(C#N)c1)S(C)(=O)=O. The highest BCUT2D eigenvalue weighted by Crippen LogP contribution is 2.19. The number of carbonyl (C=O) groups is 1. The fourth-order valence-electron chi connectivity index (χ4n) is 2.51. The number of amides is 1. The first kappa shape index (κ1) is 19.5. The molecule has 0 heterocycles. The third kappa shape index (κ3) is 5.33. The van der Waals surface area contributed by atoms with Gasteiger partial charge in [-0.3, -0.25) is 9.10 Å². The lowest BCUT2D eigenvalue weighted by atomic mass is 10.1. The van der Waals surface area contributed by atoms with Crippen LogP contribution in [0.2, 0.25) is 0 Å². The molecule has 0 spiro atoms. The zero-order chi connectivity index (χ0) is 19.2. The van der Waals surface area contributed by atoms with Gasteiger partial charge in [0.2, 0.25) is 15.9 Å². The predicted octanol–water partition coefficient (Wildman–Crippen LogP) is 2.34. The fraction of sp³-hybridized carbons (Fsp3) is 0.263. The van der Waals surface area contributed by atoms with Crippen molar-refractivity contribution in [1.82, 2.24) is 5.32 Å². The second-order valence-electron chi connectivity index (χ2n) is 5.95. The Balaban J connectivity index is 2.02. The van der Waals surface area contributed by atoms with E-state index >= 15 is 0 Å². The molecule has 0 saturated heterocycles. The summed E-state index contributed by atoms with van der Waals surface area (Å²) in [6.07, 6.45) is 1.10. The number of rotatable bonds is 7. The Morgan fingerprint density at radius 3 is 2.58 bits per heavy atom. The Hall–Kier alpha value is -2.85. The van der Waals surface area contributed by atoms with E-state index in [0.717, 1.165) is 21.7 Å². The molecule has 0 radical (unpaired) electrons. The summed E-state index contributed by atoms with van der Waals surface area (Å²) >= 11 is 0. The minimum atomic E-state index is -3.57. The van der Waals surface area contributed by atoms with Crippen molar-refractivity contribution in [3.8, 4) is 6.07 Å². The van der Waals surface area contributed by atoms with E-state index in [9.17, 15) is 13.2 Å². The zero-order valence-corrected chi connectivity index (χ0v) is 15.6. The van der Waals surface area contributed by atoms with Crippen LogP contribution >= 0.6 is 0 Å². The van der Waals surface area contributed by atoms with Crippen LogP contribution < -0.4 is 9.62 Å². The van der Waals surface area contributed by atoms with Gasteiger partial charge in [0, 0.05) is 19.5 Å². The van der Waals surface area contributed by atoms with E-state index in [4.69, 9.17) is 5.26 Å². The normalized spacial score (nSPS) is 10.8. The van der Waals surface area contributed by atoms with Crippen molar-refractivity contribution < 1.29 is 13.2 Å². The number of nitrogens with zero attached hydrogens (tertiary/aromatic N) is 2. The number of anilines is 1. The molecule has 2 rings (SSSR count). The number of benzene rings is 2. The number of hydrogen-bond acceptors (Lipinski definition) is 4. The van der Waals surface area contributed by atoms with Gasteiger partial charge in [-0.2, -0.15) is 5.26 Å². The Kier molecular flexibility index (Phi) is 6.36. The summed E-state index contributed by atoms with van der Waals surface area (Å²) in [5.41, 5.74) is 2.83. The van der Waals surface area contributed by atoms with Gasteiger partial charge in [-0.1, -0.05) is 30.3 Å². The Labute approximate surface area is 154 Å². The van der Waals surface area contributed by atoms with Gasteiger partial charge in [0.1, 0.15) is 0 Å². The predicted molar refractivity (Wildman–Crippen MR) is 101 cm³/mol. The highest BCUT2D eigenvalue weighted by molar-refractivity contribution is 7.92. The monoisotopic (exact) mass is 371 g/mol. The van der Waals surface area contributed by atoms with Crippen LogP contribution in [0.15, 0.2) is 48.5 Å². The maximum absolute atomic E-state index is 12.1. The largest absolute Gasteiger partial charge is 0.352 e. The number of sulfonamides is 1. The van der Waals surface area contributed by atoms with Crippen molar-refractivity contribution in [2.45, 2.75) is 19.9 Å². The van der Waals surface area contributed by atoms with Gasteiger partial charge in [0.05, 0.1) is 23.6 Å². The van der Waals surface area contributed by atoms with Crippen LogP contribution in [0.3, 0.4) is 0 Å². The van der Waals surface area contributed by atoms with Crippen LogP contribution in [-0.4, -0.2) is 27.1 Å². The number of nitriles is 1. The first-order valence-corrected chi connectivity index (χ1v) is 9.95. The summed E-state index contributed by atoms with van der Waals surface area (Å²) in [5, 5.41) is 11.8. The van der Waals surface area contributed by atoms with E-state index in [1.54, 1.807) is 18.2 Å². The second-order valence-corrected chi connectivity index (χ2v) is 7.86. The number of nitrogens with one attached hydrogen (secondary N) is 1. The molecule has 6 nitrogen and oxygen atoms in total. The average molecular weight is 371 g/mol. The molecule has 0 aliphatic heterocycles. The lowest BCUT2D eigenvalue weighted by molar-refractivity contribution is -0.121. The van der Waals surface area contributed by atoms with Crippen molar-refractivity contribution in [3.05, 3.63) is 65.2 Å². The van der Waals surface area contributed by atoms with Gasteiger partial charge in [-0.05, 0) is 36.2 Å². The van der Waals surface area contributed by atoms with Gasteiger partial charge < -0.3 is 5.32 Å². The van der Waals surface area contributed by atoms with Crippen LogP contribution in [-0.2, 0) is 21.4 Å². The van der Waals surface area contributed by atoms with Gasteiger partial charge in [0.15, 0.2) is 0 Å². The summed E-state index contributed by atoms with van der Waals surface area (Å²) in [5.74, 6) is -0.238. The molecule has 0 bridgehead atoms. The van der Waals surface area contributed by atoms with Gasteiger partial charge in [0.25, 0.3) is 0 Å². The fourth-order valence-corrected chi connectivity index (χ4v) is 3.43. The molecule has 1 amide bonds. The average Bonchev–Trinajstić information content (AvgIpc) is 2.60. The molecule has 0 atom stereocenters. The first-order chi connectivity index (χ1) is 12.3. The maximum Gasteiger partial charge on any atom is 0.232 e. The zero-order valence-electron chi connectivity index (χ0n) is 14.8. The summed E-state index contributed by atoms with van der Waals surface area (Å²) in [6, 6.07) is 16.0. The molecule has 0 unspecified atom stereocenters. The second kappa shape index (κ2) is 8.50. The molecule has 2 aromatic carbocycles. The summed E-state index contributed by atoms with van der Waals surface area (Å²) in [7, 11) is -3.57. The molecule has 26 heavy (non-hydrogen) atoms. The molecule has 0 aromatic heterocycles. The minimum absolute atomic E-state index is 0.00726. The van der Waals surface area contributed by atoms with Crippen LogP contribution in [0, 0.1) is 18.3 Å². The van der Waals surface area contributed by atoms with E-state index < -0.39 is 10.0 Å². The molecular formula is C19H21N3O3S. The smallest absolute Gasteiger partial charge is 0.232 e. The Bertz CT molecular complexity index is 933. The van der Waals surface area contributed by atoms with Crippen molar-refractivity contribution in [3.63, 3.8) is 0 Å². The lowest BCUT2D eigenvalue weighted by Crippen LogP contribution is -2.34. The van der Waals surface area contributed by atoms with Crippen LogP contribution in [0.5, 0.6) is 0 Å². The molecule has 0 aliphatic carbocycles. The summed E-state index contributed by atoms with van der Waals surface area (Å²) in [6.45, 7) is 2.37. The first-order valence-electron chi connectivity index (χ1n) is 8.10. The van der Waals surface area contributed by atoms with E-state index in [0.29, 0.717) is 17.8 Å². The molecule has 136 valence electrons. The molecular weight excluding hydrogens is 350 g/mol. The molecule has 0 fully saturated rings. The quantitative estimate of drug-likeness (QED) is 0.809. The Morgan fingerprint density at radius 1 is 1.19 bits per heavy atom. The summed E-state index contributed by atoms with van der Waals surface area (Å²) in [4.78, 5) is 12.1. The molecule has 0 saturated carbocycles. The molecule has 7 heteroatoms. The number of hydrogen-bond donors (Lipinski definition) is 1. The van der Waals surface area contributed by atoms with E-state index in [-0.39, 0.29) is 18.9 Å². The van der Waals surface area contributed by atoms with Crippen LogP contribution in [0.1, 0.15) is 23.1 Å². The maximum atomic E-state index is 12.1. The number of aryl methyl sites for hydroxylation is 1. The number of carbonyl (C=O) groups excluding carboxylic acids is 1. The minimum Gasteiger partial charge on any atom is -0.352 e. The summed E-state index contributed by atoms with van der Waals surface area (Å²) < 4.78 is 25.3. The standard InChI is InChI=1S/C19H21N3O3S/c1-15-6-3-4-8-17(15)14-21-19(23)10-11-22(26(2,24)25)18-9-5-7-16(12-18)13-20/h3-9,12H,10-11,14H2,1-2H3,(H,21,23). The van der Waals surface area contributed by atoms with Crippen molar-refractivity contribution >= 4 is 21.6 Å². The van der Waals surface area contributed by atoms with Crippen molar-refractivity contribution in [2.24, 2.45) is 0 Å². The third-order valence-electron chi connectivity index (χ3n) is 3.94. The van der Waals surface area contributed by atoms with Gasteiger partial charge >= 0.3 is 0 Å². The van der Waals surface area contributed by atoms with Gasteiger partial charge in [-0.15, -0.1) is 0 Å². The van der Waals surface area contributed by atoms with Crippen molar-refractivity contribution in [2.75, 3.05) is 17.1 Å². The Morgan fingerprint density at radius 2 is 1.92 bits per heavy atom. The van der Waals surface area contributed by atoms with Gasteiger partial charge in [-0.25, -0.2) is 8.42 Å². The van der Waals surface area contributed by atoms with Crippen molar-refractivity contribution in [1.29, 1.82) is 5.26 Å². The van der Waals surface area contributed by atoms with E-state index in [1.165, 1.54) is 6.07 Å². The molecule has 1 N–H and O–H groups in total. The highest BCUT2D eigenvalue weighted by Gasteiger charge is 2.19. The molecule has 2 aromatic rings. The van der Waals surface area contributed by atoms with E-state index in [2.05, 4.69) is 5.32 Å². The highest BCUT2D eigenvalue weighted by atomic mass is 32.2. The van der Waals surface area contributed by atoms with Crippen LogP contribution in [0.4, 0.5) is 5.69 Å². The third-order valence-corrected chi connectivity index (χ3v) is 5.14.